The van der Waals surface area contributed by atoms with E-state index in [1.54, 1.807) is 0 Å². The number of carbonyl (C=O) groups excluding carboxylic acids is 2. The third kappa shape index (κ3) is 56.6. The van der Waals surface area contributed by atoms with Gasteiger partial charge in [-0.3, -0.25) is 9.59 Å². The summed E-state index contributed by atoms with van der Waals surface area (Å²) in [6.45, 7) is 4.17. The number of hydrogen-bond acceptors (Lipinski definition) is 5. The molecule has 0 aliphatic heterocycles. The minimum Gasteiger partial charge on any atom is -0.462 e. The summed E-state index contributed by atoms with van der Waals surface area (Å²) in [4.78, 5) is 24.5. The fraction of sp³-hybridized carbons (Fsp3) is 0.871. The van der Waals surface area contributed by atoms with Gasteiger partial charge in [0.25, 0.3) is 0 Å². The Labute approximate surface area is 418 Å². The van der Waals surface area contributed by atoms with Gasteiger partial charge in [0.15, 0.2) is 6.10 Å². The fourth-order valence-corrected chi connectivity index (χ4v) is 9.15. The molecule has 0 aromatic rings. The van der Waals surface area contributed by atoms with Gasteiger partial charge in [0.1, 0.15) is 6.61 Å². The fourth-order valence-electron chi connectivity index (χ4n) is 9.15. The monoisotopic (exact) mass is 941 g/mol. The van der Waals surface area contributed by atoms with E-state index in [-0.39, 0.29) is 25.2 Å². The lowest BCUT2D eigenvalue weighted by atomic mass is 10.0. The molecule has 0 aromatic heterocycles. The molecule has 0 rings (SSSR count). The van der Waals surface area contributed by atoms with E-state index in [2.05, 4.69) is 50.3 Å². The Morgan fingerprint density at radius 2 is 0.597 bits per heavy atom. The molecule has 5 heteroatoms. The van der Waals surface area contributed by atoms with Gasteiger partial charge in [0.2, 0.25) is 0 Å². The van der Waals surface area contributed by atoms with Crippen LogP contribution >= 0.6 is 0 Å². The van der Waals surface area contributed by atoms with E-state index in [0.717, 1.165) is 44.9 Å². The molecule has 0 radical (unpaired) electrons. The number of unbranched alkanes of at least 4 members (excludes halogenated alkanes) is 42. The first kappa shape index (κ1) is 65.1. The van der Waals surface area contributed by atoms with Gasteiger partial charge in [-0.15, -0.1) is 0 Å². The van der Waals surface area contributed by atoms with E-state index >= 15 is 0 Å². The van der Waals surface area contributed by atoms with Crippen molar-refractivity contribution in [2.24, 2.45) is 0 Å². The van der Waals surface area contributed by atoms with Crippen LogP contribution in [0.4, 0.5) is 0 Å². The first-order valence-electron chi connectivity index (χ1n) is 30.0. The number of hydrogen-bond donors (Lipinski definition) is 1. The Morgan fingerprint density at radius 1 is 0.343 bits per heavy atom. The summed E-state index contributed by atoms with van der Waals surface area (Å²) in [5.74, 6) is -0.570. The van der Waals surface area contributed by atoms with Crippen molar-refractivity contribution in [3.8, 4) is 0 Å². The molecular formula is C62H116O5. The van der Waals surface area contributed by atoms with Crippen LogP contribution in [0.3, 0.4) is 0 Å². The molecule has 0 aliphatic carbocycles. The van der Waals surface area contributed by atoms with Crippen molar-refractivity contribution in [3.63, 3.8) is 0 Å². The van der Waals surface area contributed by atoms with Crippen LogP contribution in [0, 0.1) is 0 Å². The van der Waals surface area contributed by atoms with Gasteiger partial charge >= 0.3 is 11.9 Å². The van der Waals surface area contributed by atoms with Crippen LogP contribution in [0.1, 0.15) is 328 Å². The molecule has 67 heavy (non-hydrogen) atoms. The molecule has 0 fully saturated rings. The molecular weight excluding hydrogens is 825 g/mol. The first-order valence-corrected chi connectivity index (χ1v) is 30.0. The van der Waals surface area contributed by atoms with Crippen LogP contribution in [0.25, 0.3) is 0 Å². The highest BCUT2D eigenvalue weighted by molar-refractivity contribution is 5.70. The summed E-state index contributed by atoms with van der Waals surface area (Å²) in [7, 11) is 0. The number of carbonyl (C=O) groups is 2. The molecule has 0 bridgehead atoms. The van der Waals surface area contributed by atoms with Crippen LogP contribution < -0.4 is 0 Å². The van der Waals surface area contributed by atoms with Gasteiger partial charge in [-0.1, -0.05) is 301 Å². The third-order valence-electron chi connectivity index (χ3n) is 13.7. The van der Waals surface area contributed by atoms with Gasteiger partial charge in [0.05, 0.1) is 6.61 Å². The maximum atomic E-state index is 12.3. The molecule has 5 nitrogen and oxygen atoms in total. The lowest BCUT2D eigenvalue weighted by molar-refractivity contribution is -0.161. The van der Waals surface area contributed by atoms with Crippen molar-refractivity contribution in [3.05, 3.63) is 36.5 Å². The van der Waals surface area contributed by atoms with Crippen LogP contribution in [-0.4, -0.2) is 36.4 Å². The van der Waals surface area contributed by atoms with Crippen LogP contribution in [0.5, 0.6) is 0 Å². The highest BCUT2D eigenvalue weighted by atomic mass is 16.6. The van der Waals surface area contributed by atoms with Gasteiger partial charge in [-0.2, -0.15) is 0 Å². The summed E-state index contributed by atoms with van der Waals surface area (Å²) < 4.78 is 10.7. The Balaban J connectivity index is 3.39. The lowest BCUT2D eigenvalue weighted by Gasteiger charge is -2.15. The first-order chi connectivity index (χ1) is 33.1. The van der Waals surface area contributed by atoms with Crippen LogP contribution in [-0.2, 0) is 19.1 Å². The molecule has 1 unspecified atom stereocenters. The van der Waals surface area contributed by atoms with E-state index in [4.69, 9.17) is 9.47 Å². The topological polar surface area (TPSA) is 72.8 Å². The molecule has 0 saturated heterocycles. The van der Waals surface area contributed by atoms with E-state index in [9.17, 15) is 14.7 Å². The highest BCUT2D eigenvalue weighted by Crippen LogP contribution is 2.18. The van der Waals surface area contributed by atoms with Crippen molar-refractivity contribution in [1.29, 1.82) is 0 Å². The molecule has 0 aliphatic rings. The quantitative estimate of drug-likeness (QED) is 0.0374. The summed E-state index contributed by atoms with van der Waals surface area (Å²) in [5.41, 5.74) is 0. The second-order valence-electron chi connectivity index (χ2n) is 20.4. The molecule has 0 saturated carbocycles. The zero-order valence-electron chi connectivity index (χ0n) is 45.2. The van der Waals surface area contributed by atoms with E-state index in [0.29, 0.717) is 12.8 Å². The molecule has 1 N–H and O–H groups in total. The predicted molar refractivity (Wildman–Crippen MR) is 293 cm³/mol. The molecule has 0 heterocycles. The summed E-state index contributed by atoms with van der Waals surface area (Å²) in [6, 6.07) is 0. The zero-order valence-corrected chi connectivity index (χ0v) is 45.2. The number of rotatable bonds is 56. The number of ether oxygens (including phenoxy) is 2. The average molecular weight is 942 g/mol. The number of esters is 2. The maximum Gasteiger partial charge on any atom is 0.306 e. The second kappa shape index (κ2) is 58.4. The number of allylic oxidation sites excluding steroid dienone is 6. The summed E-state index contributed by atoms with van der Waals surface area (Å²) in [6.07, 6.45) is 75.7. The second-order valence-corrected chi connectivity index (χ2v) is 20.4. The summed E-state index contributed by atoms with van der Waals surface area (Å²) >= 11 is 0. The molecule has 0 spiro atoms. The van der Waals surface area contributed by atoms with E-state index in [1.165, 1.54) is 257 Å². The smallest absolute Gasteiger partial charge is 0.306 e. The van der Waals surface area contributed by atoms with Gasteiger partial charge in [-0.25, -0.2) is 0 Å². The van der Waals surface area contributed by atoms with Crippen molar-refractivity contribution in [2.75, 3.05) is 13.2 Å². The van der Waals surface area contributed by atoms with Crippen LogP contribution in [0.15, 0.2) is 36.5 Å². The van der Waals surface area contributed by atoms with E-state index < -0.39 is 6.10 Å². The number of aliphatic hydroxyl groups is 1. The van der Waals surface area contributed by atoms with Gasteiger partial charge < -0.3 is 14.6 Å². The Morgan fingerprint density at radius 3 is 0.896 bits per heavy atom. The SMILES string of the molecule is CCCCCCC/C=C\C/C=C\C/C=C\CCCCCCCCCCCCCCCCCCCCCCCCC(=O)OC(CO)COC(=O)CCCCCCCCCCCCCCCCCC. The van der Waals surface area contributed by atoms with Crippen molar-refractivity contribution in [1.82, 2.24) is 0 Å². The highest BCUT2D eigenvalue weighted by Gasteiger charge is 2.16. The average Bonchev–Trinajstić information content (AvgIpc) is 3.33. The van der Waals surface area contributed by atoms with Crippen molar-refractivity contribution in [2.45, 2.75) is 335 Å². The standard InChI is InChI=1S/C62H116O5/c1-3-5-7-9-11-13-15-17-19-21-22-23-24-25-26-27-28-29-30-31-32-33-34-35-36-37-38-39-40-41-43-45-47-49-51-53-55-57-62(65)67-60(58-63)59-66-61(64)56-54-52-50-48-46-44-42-20-18-16-14-12-10-8-6-4-2/h15,17,21-22,24-25,60,63H,3-14,16,18-20,23,26-59H2,1-2H3/b17-15-,22-21-,25-24-. The summed E-state index contributed by atoms with van der Waals surface area (Å²) in [5, 5.41) is 9.64. The third-order valence-corrected chi connectivity index (χ3v) is 13.7. The largest absolute Gasteiger partial charge is 0.462 e. The van der Waals surface area contributed by atoms with E-state index in [1.807, 2.05) is 0 Å². The minimum absolute atomic E-state index is 0.0588. The predicted octanol–water partition coefficient (Wildman–Crippen LogP) is 20.3. The Kier molecular flexibility index (Phi) is 56.8. The van der Waals surface area contributed by atoms with Gasteiger partial charge in [-0.05, 0) is 51.4 Å². The molecule has 1 atom stereocenters. The van der Waals surface area contributed by atoms with Crippen LogP contribution in [0.2, 0.25) is 0 Å². The minimum atomic E-state index is -0.767. The maximum absolute atomic E-state index is 12.3. The van der Waals surface area contributed by atoms with Crippen molar-refractivity contribution < 1.29 is 24.2 Å². The zero-order chi connectivity index (χ0) is 48.5. The van der Waals surface area contributed by atoms with Crippen molar-refractivity contribution >= 4 is 11.9 Å². The Hall–Kier alpha value is -1.88. The number of aliphatic hydroxyl groups excluding tert-OH is 1. The molecule has 0 amide bonds. The molecule has 394 valence electrons. The van der Waals surface area contributed by atoms with Gasteiger partial charge in [0, 0.05) is 12.8 Å². The molecule has 0 aromatic carbocycles. The normalized spacial score (nSPS) is 12.3. The Bertz CT molecular complexity index is 1060. The lowest BCUT2D eigenvalue weighted by Crippen LogP contribution is -2.28.